The first-order chi connectivity index (χ1) is 40.5. The van der Waals surface area contributed by atoms with E-state index in [-0.39, 0.29) is 31.1 Å². The SMILES string of the molecule is CCCCCCCCCC/C=C\CCCCCCCCCCCCCCCCCCCCCC(=O)OCC(COC(=O)CCCCCCCCCCCCCC)OC(=O)CCCCCCCCCCC/C=C\CCCCCCCCCC. The first-order valence-corrected chi connectivity index (χ1v) is 37.3. The topological polar surface area (TPSA) is 78.9 Å². The largest absolute Gasteiger partial charge is 0.462 e. The van der Waals surface area contributed by atoms with Gasteiger partial charge in [0.15, 0.2) is 6.10 Å². The summed E-state index contributed by atoms with van der Waals surface area (Å²) in [7, 11) is 0. The molecule has 0 fully saturated rings. The number of carbonyl (C=O) groups excluding carboxylic acids is 3. The zero-order valence-corrected chi connectivity index (χ0v) is 55.8. The molecule has 1 unspecified atom stereocenters. The van der Waals surface area contributed by atoms with Gasteiger partial charge in [0.05, 0.1) is 0 Å². The highest BCUT2D eigenvalue weighted by atomic mass is 16.6. The van der Waals surface area contributed by atoms with Crippen LogP contribution in [0.1, 0.15) is 425 Å². The van der Waals surface area contributed by atoms with Crippen molar-refractivity contribution in [1.29, 1.82) is 0 Å². The van der Waals surface area contributed by atoms with Gasteiger partial charge in [0.25, 0.3) is 0 Å². The van der Waals surface area contributed by atoms with Gasteiger partial charge in [0.1, 0.15) is 13.2 Å². The summed E-state index contributed by atoms with van der Waals surface area (Å²) in [5.41, 5.74) is 0. The Hall–Kier alpha value is -2.11. The van der Waals surface area contributed by atoms with Crippen LogP contribution in [0.15, 0.2) is 24.3 Å². The minimum atomic E-state index is -0.769. The molecule has 0 rings (SSSR count). The maximum atomic E-state index is 12.9. The Balaban J connectivity index is 4.13. The van der Waals surface area contributed by atoms with Crippen molar-refractivity contribution in [1.82, 2.24) is 0 Å². The standard InChI is InChI=1S/C76H144O6/c1-4-7-10-13-16-19-22-25-27-29-31-33-34-35-36-37-38-39-40-41-42-44-45-47-49-51-54-57-60-63-66-69-75(78)81-72-73(71-80-74(77)68-65-62-59-56-53-24-21-18-15-12-9-6-3)82-76(79)70-67-64-61-58-55-52-50-48-46-43-32-30-28-26-23-20-17-14-11-8-5-2/h29-32,73H,4-28,33-72H2,1-3H3/b31-29-,32-30-. The summed E-state index contributed by atoms with van der Waals surface area (Å²) in [5.74, 6) is -0.834. The lowest BCUT2D eigenvalue weighted by atomic mass is 10.0. The van der Waals surface area contributed by atoms with Crippen LogP contribution in [0.4, 0.5) is 0 Å². The lowest BCUT2D eigenvalue weighted by Gasteiger charge is -2.18. The molecule has 0 aromatic carbocycles. The molecule has 484 valence electrons. The second kappa shape index (κ2) is 71.4. The number of ether oxygens (including phenoxy) is 3. The van der Waals surface area contributed by atoms with E-state index in [1.165, 1.54) is 327 Å². The molecule has 6 nitrogen and oxygen atoms in total. The van der Waals surface area contributed by atoms with Gasteiger partial charge in [-0.15, -0.1) is 0 Å². The van der Waals surface area contributed by atoms with E-state index in [1.54, 1.807) is 0 Å². The van der Waals surface area contributed by atoms with E-state index in [9.17, 15) is 14.4 Å². The quantitative estimate of drug-likeness (QED) is 0.0261. The molecule has 0 aliphatic carbocycles. The number of unbranched alkanes of at least 4 members (excludes halogenated alkanes) is 55. The molecule has 0 spiro atoms. The molecule has 0 aromatic heterocycles. The zero-order chi connectivity index (χ0) is 59.2. The Morgan fingerprint density at radius 1 is 0.232 bits per heavy atom. The third-order valence-corrected chi connectivity index (χ3v) is 17.2. The summed E-state index contributed by atoms with van der Waals surface area (Å²) in [4.78, 5) is 38.4. The number of esters is 3. The molecule has 0 N–H and O–H groups in total. The Morgan fingerprint density at radius 2 is 0.402 bits per heavy atom. The first kappa shape index (κ1) is 79.9. The van der Waals surface area contributed by atoms with Gasteiger partial charge in [-0.05, 0) is 70.6 Å². The monoisotopic (exact) mass is 1150 g/mol. The van der Waals surface area contributed by atoms with Crippen LogP contribution in [0.2, 0.25) is 0 Å². The fraction of sp³-hybridized carbons (Fsp3) is 0.908. The molecule has 0 amide bonds. The molecule has 0 heterocycles. The molecule has 0 bridgehead atoms. The molecule has 1 atom stereocenters. The number of rotatable bonds is 70. The minimum absolute atomic E-state index is 0.0654. The Kier molecular flexibility index (Phi) is 69.5. The van der Waals surface area contributed by atoms with Crippen LogP contribution in [-0.2, 0) is 28.6 Å². The van der Waals surface area contributed by atoms with Crippen molar-refractivity contribution >= 4 is 17.9 Å². The van der Waals surface area contributed by atoms with E-state index in [1.807, 2.05) is 0 Å². The van der Waals surface area contributed by atoms with Gasteiger partial charge >= 0.3 is 17.9 Å². The molecule has 0 saturated carbocycles. The molecule has 0 aliphatic rings. The predicted molar refractivity (Wildman–Crippen MR) is 358 cm³/mol. The normalized spacial score (nSPS) is 12.1. The van der Waals surface area contributed by atoms with E-state index in [0.717, 1.165) is 57.8 Å². The van der Waals surface area contributed by atoms with Crippen molar-refractivity contribution in [3.05, 3.63) is 24.3 Å². The summed E-state index contributed by atoms with van der Waals surface area (Å²) in [6.07, 6.45) is 88.0. The Bertz CT molecular complexity index is 1320. The first-order valence-electron chi connectivity index (χ1n) is 37.3. The molecule has 0 saturated heterocycles. The molecular weight excluding hydrogens is 1010 g/mol. The maximum Gasteiger partial charge on any atom is 0.306 e. The van der Waals surface area contributed by atoms with Crippen LogP contribution in [-0.4, -0.2) is 37.2 Å². The summed E-state index contributed by atoms with van der Waals surface area (Å²) in [6.45, 7) is 6.72. The van der Waals surface area contributed by atoms with Crippen LogP contribution in [0, 0.1) is 0 Å². The van der Waals surface area contributed by atoms with E-state index >= 15 is 0 Å². The number of hydrogen-bond acceptors (Lipinski definition) is 6. The Morgan fingerprint density at radius 3 is 0.610 bits per heavy atom. The highest BCUT2D eigenvalue weighted by Crippen LogP contribution is 2.19. The summed E-state index contributed by atoms with van der Waals surface area (Å²) in [5, 5.41) is 0. The van der Waals surface area contributed by atoms with Crippen molar-refractivity contribution < 1.29 is 28.6 Å². The summed E-state index contributed by atoms with van der Waals surface area (Å²) in [6, 6.07) is 0. The lowest BCUT2D eigenvalue weighted by molar-refractivity contribution is -0.167. The van der Waals surface area contributed by atoms with Crippen LogP contribution in [0.5, 0.6) is 0 Å². The van der Waals surface area contributed by atoms with Crippen LogP contribution >= 0.6 is 0 Å². The fourth-order valence-electron chi connectivity index (χ4n) is 11.6. The van der Waals surface area contributed by atoms with Crippen molar-refractivity contribution in [2.24, 2.45) is 0 Å². The van der Waals surface area contributed by atoms with Crippen LogP contribution in [0.25, 0.3) is 0 Å². The minimum Gasteiger partial charge on any atom is -0.462 e. The zero-order valence-electron chi connectivity index (χ0n) is 55.8. The average molecular weight is 1150 g/mol. The Labute approximate surface area is 513 Å². The van der Waals surface area contributed by atoms with E-state index in [2.05, 4.69) is 45.1 Å². The van der Waals surface area contributed by atoms with E-state index < -0.39 is 6.10 Å². The van der Waals surface area contributed by atoms with E-state index in [4.69, 9.17) is 14.2 Å². The highest BCUT2D eigenvalue weighted by molar-refractivity contribution is 5.71. The van der Waals surface area contributed by atoms with Crippen molar-refractivity contribution in [2.45, 2.75) is 431 Å². The molecule has 82 heavy (non-hydrogen) atoms. The number of allylic oxidation sites excluding steroid dienone is 4. The number of carbonyl (C=O) groups is 3. The third kappa shape index (κ3) is 68.7. The third-order valence-electron chi connectivity index (χ3n) is 17.2. The van der Waals surface area contributed by atoms with Gasteiger partial charge in [0.2, 0.25) is 0 Å². The second-order valence-electron chi connectivity index (χ2n) is 25.6. The molecule has 0 radical (unpaired) electrons. The highest BCUT2D eigenvalue weighted by Gasteiger charge is 2.20. The van der Waals surface area contributed by atoms with Crippen LogP contribution < -0.4 is 0 Å². The van der Waals surface area contributed by atoms with Gasteiger partial charge in [0, 0.05) is 19.3 Å². The average Bonchev–Trinajstić information content (AvgIpc) is 3.47. The molecule has 0 aliphatic heterocycles. The van der Waals surface area contributed by atoms with Crippen molar-refractivity contribution in [3.63, 3.8) is 0 Å². The van der Waals surface area contributed by atoms with Gasteiger partial charge in [-0.25, -0.2) is 0 Å². The van der Waals surface area contributed by atoms with Gasteiger partial charge in [-0.3, -0.25) is 14.4 Å². The number of hydrogen-bond donors (Lipinski definition) is 0. The second-order valence-corrected chi connectivity index (χ2v) is 25.6. The van der Waals surface area contributed by atoms with Crippen molar-refractivity contribution in [2.75, 3.05) is 13.2 Å². The van der Waals surface area contributed by atoms with E-state index in [0.29, 0.717) is 19.3 Å². The van der Waals surface area contributed by atoms with Gasteiger partial charge < -0.3 is 14.2 Å². The fourth-order valence-corrected chi connectivity index (χ4v) is 11.6. The maximum absolute atomic E-state index is 12.9. The van der Waals surface area contributed by atoms with Crippen LogP contribution in [0.3, 0.4) is 0 Å². The summed E-state index contributed by atoms with van der Waals surface area (Å²) >= 11 is 0. The smallest absolute Gasteiger partial charge is 0.306 e. The van der Waals surface area contributed by atoms with Gasteiger partial charge in [-0.1, -0.05) is 360 Å². The lowest BCUT2D eigenvalue weighted by Crippen LogP contribution is -2.30. The predicted octanol–water partition coefficient (Wildman–Crippen LogP) is 25.7. The summed E-state index contributed by atoms with van der Waals surface area (Å²) < 4.78 is 17.0. The molecular formula is C76H144O6. The molecule has 0 aromatic rings. The molecule has 6 heteroatoms. The van der Waals surface area contributed by atoms with Gasteiger partial charge in [-0.2, -0.15) is 0 Å². The van der Waals surface area contributed by atoms with Crippen molar-refractivity contribution in [3.8, 4) is 0 Å².